The molecule has 180 valence electrons. The van der Waals surface area contributed by atoms with E-state index < -0.39 is 5.97 Å². The predicted octanol–water partition coefficient (Wildman–Crippen LogP) is 7.19. The maximum Gasteiger partial charge on any atom is 0.304 e. The summed E-state index contributed by atoms with van der Waals surface area (Å²) in [6, 6.07) is 12.0. The van der Waals surface area contributed by atoms with Gasteiger partial charge in [-0.3, -0.25) is 9.59 Å². The Labute approximate surface area is 221 Å². The second-order valence-electron chi connectivity index (χ2n) is 7.53. The fourth-order valence-corrected chi connectivity index (χ4v) is 7.06. The second kappa shape index (κ2) is 12.8. The molecule has 1 unspecified atom stereocenters. The molecule has 3 rings (SSSR count). The number of amides is 1. The number of halogens is 2. The van der Waals surface area contributed by atoms with Crippen LogP contribution in [0.1, 0.15) is 34.2 Å². The van der Waals surface area contributed by atoms with Crippen LogP contribution in [0, 0.1) is 0 Å². The molecule has 0 saturated carbocycles. The summed E-state index contributed by atoms with van der Waals surface area (Å²) in [6.07, 6.45) is 4.45. The highest BCUT2D eigenvalue weighted by Gasteiger charge is 2.15. The quantitative estimate of drug-likeness (QED) is 0.253. The van der Waals surface area contributed by atoms with Gasteiger partial charge in [-0.15, -0.1) is 34.9 Å². The van der Waals surface area contributed by atoms with Crippen molar-refractivity contribution in [3.63, 3.8) is 0 Å². The first-order valence-corrected chi connectivity index (χ1v) is 14.1. The van der Waals surface area contributed by atoms with Gasteiger partial charge in [-0.2, -0.15) is 0 Å². The number of thiophene rings is 1. The summed E-state index contributed by atoms with van der Waals surface area (Å²) in [5, 5.41) is 9.49. The number of aromatic nitrogens is 1. The molecule has 1 atom stereocenters. The van der Waals surface area contributed by atoms with Gasteiger partial charge < -0.3 is 10.0 Å². The third-order valence-corrected chi connectivity index (χ3v) is 9.53. The molecule has 3 aromatic rings. The van der Waals surface area contributed by atoms with E-state index >= 15 is 0 Å². The van der Waals surface area contributed by atoms with Gasteiger partial charge in [0.1, 0.15) is 9.85 Å². The van der Waals surface area contributed by atoms with Gasteiger partial charge in [0.2, 0.25) is 5.91 Å². The third-order valence-electron chi connectivity index (χ3n) is 4.76. The fraction of sp³-hybridized carbons (Fsp3) is 0.292. The number of carbonyl (C=O) groups is 2. The van der Waals surface area contributed by atoms with Crippen molar-refractivity contribution in [2.45, 2.75) is 17.4 Å². The van der Waals surface area contributed by atoms with Gasteiger partial charge in [-0.25, -0.2) is 4.98 Å². The molecule has 2 heterocycles. The third kappa shape index (κ3) is 7.65. The minimum Gasteiger partial charge on any atom is -0.481 e. The van der Waals surface area contributed by atoms with Gasteiger partial charge in [-0.05, 0) is 35.4 Å². The Bertz CT molecular complexity index is 1200. The van der Waals surface area contributed by atoms with Gasteiger partial charge in [0, 0.05) is 32.0 Å². The molecule has 0 spiro atoms. The highest BCUT2D eigenvalue weighted by atomic mass is 35.5. The van der Waals surface area contributed by atoms with Crippen molar-refractivity contribution in [2.75, 3.05) is 25.6 Å². The number of aliphatic carboxylic acids is 1. The summed E-state index contributed by atoms with van der Waals surface area (Å²) in [4.78, 5) is 29.1. The minimum atomic E-state index is -0.813. The summed E-state index contributed by atoms with van der Waals surface area (Å²) >= 11 is 17.0. The SMILES string of the molecule is CN(C)C(=O)CCSC(SCCC(=O)O)c1cccc(/C=C/c2ccc3sc(Cl)c(Cl)c3n2)c1. The number of hydrogen-bond donors (Lipinski definition) is 1. The van der Waals surface area contributed by atoms with Crippen LogP contribution in [0.2, 0.25) is 9.36 Å². The lowest BCUT2D eigenvalue weighted by Crippen LogP contribution is -2.21. The number of carboxylic acid groups (broad SMARTS) is 1. The van der Waals surface area contributed by atoms with Crippen LogP contribution >= 0.6 is 58.1 Å². The Morgan fingerprint density at radius 3 is 2.56 bits per heavy atom. The van der Waals surface area contributed by atoms with Crippen LogP contribution in [-0.4, -0.2) is 52.5 Å². The summed E-state index contributed by atoms with van der Waals surface area (Å²) in [7, 11) is 3.49. The molecule has 0 aliphatic heterocycles. The van der Waals surface area contributed by atoms with Gasteiger partial charge in [0.05, 0.1) is 26.4 Å². The first-order valence-electron chi connectivity index (χ1n) is 10.4. The largest absolute Gasteiger partial charge is 0.481 e. The molecule has 0 aliphatic rings. The van der Waals surface area contributed by atoms with Crippen LogP contribution in [-0.2, 0) is 9.59 Å². The Hall–Kier alpha value is -1.71. The molecular weight excluding hydrogens is 531 g/mol. The lowest BCUT2D eigenvalue weighted by Gasteiger charge is -2.18. The average Bonchev–Trinajstić information content (AvgIpc) is 3.09. The summed E-state index contributed by atoms with van der Waals surface area (Å²) in [6.45, 7) is 0. The molecule has 1 amide bonds. The number of carboxylic acids is 1. The number of benzene rings is 1. The van der Waals surface area contributed by atoms with E-state index in [1.807, 2.05) is 42.5 Å². The number of fused-ring (bicyclic) bond motifs is 1. The number of rotatable bonds is 11. The number of pyridine rings is 1. The van der Waals surface area contributed by atoms with Gasteiger partial charge in [-0.1, -0.05) is 47.5 Å². The lowest BCUT2D eigenvalue weighted by molar-refractivity contribution is -0.136. The average molecular weight is 556 g/mol. The molecule has 10 heteroatoms. The zero-order valence-corrected chi connectivity index (χ0v) is 22.6. The molecule has 2 aromatic heterocycles. The van der Waals surface area contributed by atoms with E-state index in [0.29, 0.717) is 32.8 Å². The monoisotopic (exact) mass is 554 g/mol. The molecule has 0 saturated heterocycles. The van der Waals surface area contributed by atoms with Crippen molar-refractivity contribution in [1.82, 2.24) is 9.88 Å². The second-order valence-corrected chi connectivity index (χ2v) is 12.3. The highest BCUT2D eigenvalue weighted by Crippen LogP contribution is 2.41. The standard InChI is InChI=1S/C24H24Cl2N2O3S3/c1-28(2)19(29)10-12-32-24(33-13-11-20(30)31)16-5-3-4-15(14-16)6-7-17-8-9-18-22(27-17)21(25)23(26)34-18/h3-9,14,24H,10-13H2,1-2H3,(H,30,31)/b7-6+. The molecular formula is C24H24Cl2N2O3S3. The van der Waals surface area contributed by atoms with Crippen LogP contribution in [0.3, 0.4) is 0 Å². The van der Waals surface area contributed by atoms with Crippen LogP contribution < -0.4 is 0 Å². The van der Waals surface area contributed by atoms with Crippen molar-refractivity contribution < 1.29 is 14.7 Å². The zero-order chi connectivity index (χ0) is 24.7. The van der Waals surface area contributed by atoms with Crippen LogP contribution in [0.25, 0.3) is 22.4 Å². The molecule has 0 aliphatic carbocycles. The van der Waals surface area contributed by atoms with E-state index in [0.717, 1.165) is 21.5 Å². The molecule has 1 aromatic carbocycles. The first kappa shape index (κ1) is 26.9. The lowest BCUT2D eigenvalue weighted by atomic mass is 10.1. The summed E-state index contributed by atoms with van der Waals surface area (Å²) < 4.78 is 1.51. The molecule has 0 fully saturated rings. The Balaban J connectivity index is 1.74. The van der Waals surface area contributed by atoms with Crippen molar-refractivity contribution in [3.8, 4) is 0 Å². The highest BCUT2D eigenvalue weighted by molar-refractivity contribution is 8.16. The topological polar surface area (TPSA) is 70.5 Å². The number of nitrogens with zero attached hydrogens (tertiary/aromatic N) is 2. The first-order chi connectivity index (χ1) is 16.2. The van der Waals surface area contributed by atoms with E-state index in [9.17, 15) is 9.59 Å². The number of thioether (sulfide) groups is 2. The van der Waals surface area contributed by atoms with E-state index in [1.54, 1.807) is 42.5 Å². The zero-order valence-electron chi connectivity index (χ0n) is 18.7. The maximum atomic E-state index is 11.9. The summed E-state index contributed by atoms with van der Waals surface area (Å²) in [5.41, 5.74) is 3.56. The number of hydrogen-bond acceptors (Lipinski definition) is 6. The van der Waals surface area contributed by atoms with Gasteiger partial charge in [0.15, 0.2) is 0 Å². The van der Waals surface area contributed by atoms with Crippen LogP contribution in [0.5, 0.6) is 0 Å². The normalized spacial score (nSPS) is 12.4. The van der Waals surface area contributed by atoms with Crippen molar-refractivity contribution >= 4 is 92.3 Å². The smallest absolute Gasteiger partial charge is 0.304 e. The minimum absolute atomic E-state index is 0.0314. The van der Waals surface area contributed by atoms with Crippen molar-refractivity contribution in [3.05, 3.63) is 62.6 Å². The van der Waals surface area contributed by atoms with Crippen LogP contribution in [0.15, 0.2) is 36.4 Å². The summed E-state index contributed by atoms with van der Waals surface area (Å²) in [5.74, 6) is 0.431. The Morgan fingerprint density at radius 2 is 1.85 bits per heavy atom. The van der Waals surface area contributed by atoms with Crippen LogP contribution in [0.4, 0.5) is 0 Å². The fourth-order valence-electron chi connectivity index (χ4n) is 2.99. The maximum absolute atomic E-state index is 11.9. The molecule has 5 nitrogen and oxygen atoms in total. The van der Waals surface area contributed by atoms with E-state index in [1.165, 1.54) is 11.3 Å². The van der Waals surface area contributed by atoms with Gasteiger partial charge >= 0.3 is 5.97 Å². The molecule has 1 N–H and O–H groups in total. The Kier molecular flexibility index (Phi) is 10.2. The molecule has 0 radical (unpaired) electrons. The van der Waals surface area contributed by atoms with Crippen molar-refractivity contribution in [2.24, 2.45) is 0 Å². The molecule has 34 heavy (non-hydrogen) atoms. The van der Waals surface area contributed by atoms with Gasteiger partial charge in [0.25, 0.3) is 0 Å². The molecule has 0 bridgehead atoms. The Morgan fingerprint density at radius 1 is 1.12 bits per heavy atom. The van der Waals surface area contributed by atoms with E-state index in [-0.39, 0.29) is 16.9 Å². The van der Waals surface area contributed by atoms with E-state index in [4.69, 9.17) is 28.3 Å². The number of carbonyl (C=O) groups excluding carboxylic acids is 1. The van der Waals surface area contributed by atoms with Crippen molar-refractivity contribution in [1.29, 1.82) is 0 Å². The van der Waals surface area contributed by atoms with E-state index in [2.05, 4.69) is 11.1 Å². The predicted molar refractivity (Wildman–Crippen MR) is 148 cm³/mol.